The molecule has 0 atom stereocenters. The highest BCUT2D eigenvalue weighted by Crippen LogP contribution is 2.48. The Morgan fingerprint density at radius 1 is 1.06 bits per heavy atom. The molecule has 0 aliphatic heterocycles. The van der Waals surface area contributed by atoms with Crippen LogP contribution in [0.1, 0.15) is 71.3 Å². The van der Waals surface area contributed by atoms with E-state index in [2.05, 4.69) is 54.1 Å². The number of nitrogens with zero attached hydrogens (tertiary/aromatic N) is 3. The normalized spacial score (nSPS) is 26.4. The fourth-order valence-corrected chi connectivity index (χ4v) is 6.29. The fourth-order valence-electron chi connectivity index (χ4n) is 6.29. The molecule has 0 radical (unpaired) electrons. The average Bonchev–Trinajstić information content (AvgIpc) is 2.81. The number of likely N-dealkylation sites (N-methyl/N-ethyl adjacent to an activating group) is 1. The molecule has 2 aliphatic carbocycles. The maximum Gasteiger partial charge on any atom is 0.224 e. The van der Waals surface area contributed by atoms with Crippen LogP contribution in [-0.2, 0) is 15.1 Å². The predicted molar refractivity (Wildman–Crippen MR) is 140 cm³/mol. The van der Waals surface area contributed by atoms with E-state index in [1.54, 1.807) is 0 Å². The number of hydrogen-bond acceptors (Lipinski definition) is 5. The molecular weight excluding hydrogens is 440 g/mol. The lowest BCUT2D eigenvalue weighted by molar-refractivity contribution is -0.142. The number of carbonyl (C=O) groups excluding carboxylic acids is 2. The Bertz CT molecular complexity index is 860. The van der Waals surface area contributed by atoms with Crippen molar-refractivity contribution in [1.29, 1.82) is 0 Å². The number of carbonyl (C=O) groups is 2. The van der Waals surface area contributed by atoms with Crippen LogP contribution in [0.15, 0.2) is 30.3 Å². The Kier molecular flexibility index (Phi) is 8.34. The van der Waals surface area contributed by atoms with Gasteiger partial charge in [0.05, 0.1) is 16.6 Å². The maximum atomic E-state index is 12.5. The molecule has 196 valence electrons. The van der Waals surface area contributed by atoms with E-state index in [-0.39, 0.29) is 11.4 Å². The number of amides is 2. The van der Waals surface area contributed by atoms with E-state index in [0.29, 0.717) is 19.6 Å². The van der Waals surface area contributed by atoms with Crippen LogP contribution in [0, 0.1) is 5.41 Å². The summed E-state index contributed by atoms with van der Waals surface area (Å²) >= 11 is 0. The molecule has 2 fully saturated rings. The molecule has 0 aromatic heterocycles. The summed E-state index contributed by atoms with van der Waals surface area (Å²) in [5, 5.41) is 11.0. The first-order valence-electron chi connectivity index (χ1n) is 13.1. The third-order valence-corrected chi connectivity index (χ3v) is 8.91. The zero-order valence-corrected chi connectivity index (χ0v) is 22.4. The highest BCUT2D eigenvalue weighted by molar-refractivity contribution is 5.80. The molecule has 35 heavy (non-hydrogen) atoms. The number of aliphatic hydroxyl groups is 1. The number of primary amides is 1. The van der Waals surface area contributed by atoms with Gasteiger partial charge in [-0.25, -0.2) is 0 Å². The van der Waals surface area contributed by atoms with Crippen LogP contribution >= 0.6 is 0 Å². The molecule has 2 aliphatic rings. The van der Waals surface area contributed by atoms with Gasteiger partial charge in [0, 0.05) is 25.2 Å². The van der Waals surface area contributed by atoms with Crippen molar-refractivity contribution < 1.29 is 14.7 Å². The Morgan fingerprint density at radius 2 is 1.66 bits per heavy atom. The van der Waals surface area contributed by atoms with Gasteiger partial charge in [-0.3, -0.25) is 14.5 Å². The van der Waals surface area contributed by atoms with Crippen LogP contribution in [0.25, 0.3) is 0 Å². The number of benzene rings is 1. The molecule has 1 aromatic rings. The summed E-state index contributed by atoms with van der Waals surface area (Å²) < 4.78 is 0. The second kappa shape index (κ2) is 10.6. The Labute approximate surface area is 211 Å². The van der Waals surface area contributed by atoms with Gasteiger partial charge in [-0.1, -0.05) is 37.3 Å². The van der Waals surface area contributed by atoms with E-state index in [0.717, 1.165) is 57.9 Å². The van der Waals surface area contributed by atoms with Gasteiger partial charge in [0.25, 0.3) is 0 Å². The van der Waals surface area contributed by atoms with Crippen LogP contribution in [0.2, 0.25) is 0 Å². The lowest BCUT2D eigenvalue weighted by Crippen LogP contribution is -2.64. The van der Waals surface area contributed by atoms with Gasteiger partial charge in [0.15, 0.2) is 0 Å². The summed E-state index contributed by atoms with van der Waals surface area (Å²) in [7, 11) is 4.20. The molecule has 0 heterocycles. The molecular formula is C28H46N4O3. The van der Waals surface area contributed by atoms with Crippen LogP contribution in [0.3, 0.4) is 0 Å². The van der Waals surface area contributed by atoms with Crippen molar-refractivity contribution in [3.8, 4) is 0 Å². The van der Waals surface area contributed by atoms with E-state index in [4.69, 9.17) is 5.73 Å². The molecule has 7 nitrogen and oxygen atoms in total. The highest BCUT2D eigenvalue weighted by atomic mass is 16.3. The molecule has 3 rings (SSSR count). The van der Waals surface area contributed by atoms with Crippen molar-refractivity contribution in [2.75, 3.05) is 40.3 Å². The maximum absolute atomic E-state index is 12.5. The quantitative estimate of drug-likeness (QED) is 0.444. The minimum absolute atomic E-state index is 0.0908. The lowest BCUT2D eigenvalue weighted by Gasteiger charge is -2.56. The Hall–Kier alpha value is -1.96. The van der Waals surface area contributed by atoms with Gasteiger partial charge in [-0.15, -0.1) is 0 Å². The molecule has 0 spiro atoms. The largest absolute Gasteiger partial charge is 0.388 e. The van der Waals surface area contributed by atoms with Crippen LogP contribution in [0.4, 0.5) is 0 Å². The number of rotatable bonds is 12. The molecule has 0 bridgehead atoms. The third-order valence-electron chi connectivity index (χ3n) is 8.91. The topological polar surface area (TPSA) is 90.1 Å². The van der Waals surface area contributed by atoms with Gasteiger partial charge >= 0.3 is 0 Å². The van der Waals surface area contributed by atoms with Crippen LogP contribution in [0.5, 0.6) is 0 Å². The van der Waals surface area contributed by atoms with Crippen molar-refractivity contribution in [3.05, 3.63) is 35.9 Å². The molecule has 3 N–H and O–H groups in total. The van der Waals surface area contributed by atoms with Crippen molar-refractivity contribution in [1.82, 2.24) is 14.7 Å². The third kappa shape index (κ3) is 5.73. The molecule has 2 amide bonds. The van der Waals surface area contributed by atoms with E-state index >= 15 is 0 Å². The zero-order valence-electron chi connectivity index (χ0n) is 22.4. The number of hydrogen-bond donors (Lipinski definition) is 2. The van der Waals surface area contributed by atoms with Crippen molar-refractivity contribution in [2.45, 2.75) is 82.4 Å². The number of β-amino-alcohol motifs (C(OH)–C–C–N with tert-alkyl or cyclic N) is 1. The summed E-state index contributed by atoms with van der Waals surface area (Å²) in [6.45, 7) is 8.38. The Balaban J connectivity index is 1.91. The number of nitrogens with two attached hydrogens (primary N) is 1. The summed E-state index contributed by atoms with van der Waals surface area (Å²) in [5.74, 6) is -0.328. The van der Waals surface area contributed by atoms with Crippen molar-refractivity contribution in [2.24, 2.45) is 11.1 Å². The molecule has 0 saturated heterocycles. The van der Waals surface area contributed by atoms with Crippen LogP contribution in [-0.4, -0.2) is 83.5 Å². The minimum atomic E-state index is -0.785. The van der Waals surface area contributed by atoms with Gasteiger partial charge in [0.1, 0.15) is 0 Å². The monoisotopic (exact) mass is 486 g/mol. The smallest absolute Gasteiger partial charge is 0.224 e. The van der Waals surface area contributed by atoms with E-state index in [1.807, 2.05) is 25.8 Å². The molecule has 1 aromatic carbocycles. The SMILES string of the molecule is CCN(C)[C@]1(c2ccccc2)CC[C@](CN(C)CC(C)(C)C(N)=O)(N(C=O)CC2(O)CCC2)CC1. The van der Waals surface area contributed by atoms with E-state index < -0.39 is 16.6 Å². The van der Waals surface area contributed by atoms with Gasteiger partial charge < -0.3 is 20.6 Å². The van der Waals surface area contributed by atoms with Gasteiger partial charge in [-0.05, 0) is 85.0 Å². The minimum Gasteiger partial charge on any atom is -0.388 e. The van der Waals surface area contributed by atoms with Crippen LogP contribution < -0.4 is 5.73 Å². The summed E-state index contributed by atoms with van der Waals surface area (Å²) in [6, 6.07) is 10.7. The first-order valence-corrected chi connectivity index (χ1v) is 13.1. The molecule has 2 saturated carbocycles. The van der Waals surface area contributed by atoms with Crippen molar-refractivity contribution >= 4 is 12.3 Å². The summed E-state index contributed by atoms with van der Waals surface area (Å²) in [4.78, 5) is 31.0. The fraction of sp³-hybridized carbons (Fsp3) is 0.714. The van der Waals surface area contributed by atoms with Gasteiger partial charge in [0.2, 0.25) is 12.3 Å². The predicted octanol–water partition coefficient (Wildman–Crippen LogP) is 2.96. The highest BCUT2D eigenvalue weighted by Gasteiger charge is 2.50. The second-order valence-corrected chi connectivity index (χ2v) is 11.9. The molecule has 0 unspecified atom stereocenters. The van der Waals surface area contributed by atoms with E-state index in [1.165, 1.54) is 5.56 Å². The molecule has 7 heteroatoms. The second-order valence-electron chi connectivity index (χ2n) is 11.9. The summed E-state index contributed by atoms with van der Waals surface area (Å²) in [5.41, 5.74) is 5.02. The van der Waals surface area contributed by atoms with Crippen molar-refractivity contribution in [3.63, 3.8) is 0 Å². The first kappa shape index (κ1) is 27.6. The lowest BCUT2D eigenvalue weighted by atomic mass is 9.67. The first-order chi connectivity index (χ1) is 16.4. The average molecular weight is 487 g/mol. The summed E-state index contributed by atoms with van der Waals surface area (Å²) in [6.07, 6.45) is 6.90. The Morgan fingerprint density at radius 3 is 2.11 bits per heavy atom. The van der Waals surface area contributed by atoms with E-state index in [9.17, 15) is 14.7 Å². The zero-order chi connectivity index (χ0) is 25.9. The van der Waals surface area contributed by atoms with Gasteiger partial charge in [-0.2, -0.15) is 0 Å². The standard InChI is InChI=1S/C28H46N4O3/c1-6-31(5)28(23-11-8-7-9-12-23)17-15-26(16-18-28,20-30(4)19-25(2,3)24(29)34)32(22-33)21-27(35)13-10-14-27/h7-9,11-12,22,35H,6,10,13-21H2,1-5H3,(H2,29,34)/t26-,28+.